The van der Waals surface area contributed by atoms with Gasteiger partial charge >= 0.3 is 0 Å². The van der Waals surface area contributed by atoms with Crippen LogP contribution in [0.3, 0.4) is 0 Å². The molecular formula is C16H22ClFO. The van der Waals surface area contributed by atoms with Crippen molar-refractivity contribution in [1.29, 1.82) is 0 Å². The summed E-state index contributed by atoms with van der Waals surface area (Å²) in [4.78, 5) is 0. The highest BCUT2D eigenvalue weighted by molar-refractivity contribution is 6.31. The Morgan fingerprint density at radius 1 is 1.05 bits per heavy atom. The molecule has 0 bridgehead atoms. The molecule has 0 saturated heterocycles. The first-order chi connectivity index (χ1) is 8.53. The van der Waals surface area contributed by atoms with E-state index in [1.807, 2.05) is 0 Å². The van der Waals surface area contributed by atoms with Gasteiger partial charge in [-0.15, -0.1) is 0 Å². The monoisotopic (exact) mass is 284 g/mol. The minimum Gasteiger partial charge on any atom is -0.385 e. The van der Waals surface area contributed by atoms with E-state index in [9.17, 15) is 9.50 Å². The third kappa shape index (κ3) is 3.11. The van der Waals surface area contributed by atoms with Gasteiger partial charge in [0, 0.05) is 10.6 Å². The molecule has 0 heterocycles. The maximum atomic E-state index is 13.5. The standard InChI is InChI=1S/C16H22ClFO/c1-14(2)8-15(3,4)10-16(19,9-14)12-7-11(18)5-6-13(12)17/h5-7,19H,8-10H2,1-4H3. The van der Waals surface area contributed by atoms with Crippen molar-refractivity contribution < 1.29 is 9.50 Å². The summed E-state index contributed by atoms with van der Waals surface area (Å²) >= 11 is 6.18. The van der Waals surface area contributed by atoms with Crippen LogP contribution in [-0.2, 0) is 5.60 Å². The lowest BCUT2D eigenvalue weighted by Gasteiger charge is -2.50. The molecule has 0 aliphatic heterocycles. The molecule has 1 aliphatic carbocycles. The van der Waals surface area contributed by atoms with Crippen LogP contribution in [-0.4, -0.2) is 5.11 Å². The Balaban J connectivity index is 2.49. The molecule has 0 radical (unpaired) electrons. The van der Waals surface area contributed by atoms with Crippen molar-refractivity contribution in [2.24, 2.45) is 10.8 Å². The number of aliphatic hydroxyl groups is 1. The van der Waals surface area contributed by atoms with Gasteiger partial charge < -0.3 is 5.11 Å². The first-order valence-corrected chi connectivity index (χ1v) is 7.09. The maximum absolute atomic E-state index is 13.5. The molecular weight excluding hydrogens is 263 g/mol. The molecule has 0 amide bonds. The van der Waals surface area contributed by atoms with Crippen molar-refractivity contribution >= 4 is 11.6 Å². The van der Waals surface area contributed by atoms with Crippen LogP contribution in [0.1, 0.15) is 52.5 Å². The number of hydrogen-bond donors (Lipinski definition) is 1. The molecule has 106 valence electrons. The second kappa shape index (κ2) is 4.46. The van der Waals surface area contributed by atoms with E-state index in [2.05, 4.69) is 27.7 Å². The summed E-state index contributed by atoms with van der Waals surface area (Å²) in [6.45, 7) is 8.58. The normalized spacial score (nSPS) is 24.2. The molecule has 3 heteroatoms. The average molecular weight is 285 g/mol. The largest absolute Gasteiger partial charge is 0.385 e. The summed E-state index contributed by atoms with van der Waals surface area (Å²) in [6.07, 6.45) is 2.24. The topological polar surface area (TPSA) is 20.2 Å². The van der Waals surface area contributed by atoms with Crippen LogP contribution in [0.15, 0.2) is 18.2 Å². The Morgan fingerprint density at radius 2 is 1.58 bits per heavy atom. The lowest BCUT2D eigenvalue weighted by Crippen LogP contribution is -2.44. The van der Waals surface area contributed by atoms with E-state index in [1.165, 1.54) is 18.2 Å². The van der Waals surface area contributed by atoms with Gasteiger partial charge in [0.2, 0.25) is 0 Å². The van der Waals surface area contributed by atoms with Crippen molar-refractivity contribution in [1.82, 2.24) is 0 Å². The average Bonchev–Trinajstić information content (AvgIpc) is 2.16. The van der Waals surface area contributed by atoms with E-state index < -0.39 is 5.60 Å². The number of benzene rings is 1. The molecule has 0 spiro atoms. The lowest BCUT2D eigenvalue weighted by molar-refractivity contribution is -0.0913. The van der Waals surface area contributed by atoms with Gasteiger partial charge in [0.15, 0.2) is 0 Å². The van der Waals surface area contributed by atoms with Crippen LogP contribution in [0.4, 0.5) is 4.39 Å². The summed E-state index contributed by atoms with van der Waals surface area (Å²) in [6, 6.07) is 4.23. The molecule has 1 N–H and O–H groups in total. The summed E-state index contributed by atoms with van der Waals surface area (Å²) in [5.41, 5.74) is -0.516. The summed E-state index contributed by atoms with van der Waals surface area (Å²) in [5, 5.41) is 11.5. The quantitative estimate of drug-likeness (QED) is 0.777. The Morgan fingerprint density at radius 3 is 2.11 bits per heavy atom. The van der Waals surface area contributed by atoms with E-state index in [1.54, 1.807) is 0 Å². The predicted molar refractivity (Wildman–Crippen MR) is 76.7 cm³/mol. The highest BCUT2D eigenvalue weighted by Crippen LogP contribution is 2.54. The second-order valence-corrected chi connectivity index (χ2v) is 7.92. The molecule has 1 aromatic carbocycles. The Hall–Kier alpha value is -0.600. The smallest absolute Gasteiger partial charge is 0.123 e. The van der Waals surface area contributed by atoms with Crippen molar-refractivity contribution in [3.63, 3.8) is 0 Å². The zero-order valence-electron chi connectivity index (χ0n) is 12.1. The van der Waals surface area contributed by atoms with Crippen LogP contribution < -0.4 is 0 Å². The predicted octanol–water partition coefficient (Wildman–Crippen LogP) is 4.90. The van der Waals surface area contributed by atoms with Gasteiger partial charge in [-0.05, 0) is 48.3 Å². The molecule has 1 aromatic rings. The van der Waals surface area contributed by atoms with Crippen molar-refractivity contribution in [3.05, 3.63) is 34.6 Å². The molecule has 2 rings (SSSR count). The van der Waals surface area contributed by atoms with E-state index in [0.29, 0.717) is 23.4 Å². The molecule has 1 saturated carbocycles. The van der Waals surface area contributed by atoms with Crippen LogP contribution in [0, 0.1) is 16.6 Å². The van der Waals surface area contributed by atoms with Gasteiger partial charge in [0.05, 0.1) is 5.60 Å². The summed E-state index contributed by atoms with van der Waals surface area (Å²) < 4.78 is 13.5. The first-order valence-electron chi connectivity index (χ1n) is 6.71. The fourth-order valence-corrected chi connectivity index (χ4v) is 4.40. The molecule has 19 heavy (non-hydrogen) atoms. The van der Waals surface area contributed by atoms with Crippen LogP contribution in [0.2, 0.25) is 5.02 Å². The van der Waals surface area contributed by atoms with Gasteiger partial charge in [-0.3, -0.25) is 0 Å². The highest BCUT2D eigenvalue weighted by atomic mass is 35.5. The number of hydrogen-bond acceptors (Lipinski definition) is 1. The Labute approximate surface area is 119 Å². The van der Waals surface area contributed by atoms with Crippen LogP contribution in [0.25, 0.3) is 0 Å². The van der Waals surface area contributed by atoms with E-state index in [0.717, 1.165) is 6.42 Å². The van der Waals surface area contributed by atoms with Gasteiger partial charge in [-0.25, -0.2) is 4.39 Å². The number of halogens is 2. The zero-order chi connectivity index (χ0) is 14.5. The van der Waals surface area contributed by atoms with E-state index in [4.69, 9.17) is 11.6 Å². The molecule has 1 fully saturated rings. The second-order valence-electron chi connectivity index (χ2n) is 7.51. The van der Waals surface area contributed by atoms with E-state index >= 15 is 0 Å². The highest BCUT2D eigenvalue weighted by Gasteiger charge is 2.48. The maximum Gasteiger partial charge on any atom is 0.123 e. The lowest BCUT2D eigenvalue weighted by atomic mass is 9.58. The van der Waals surface area contributed by atoms with Crippen LogP contribution in [0.5, 0.6) is 0 Å². The van der Waals surface area contributed by atoms with E-state index in [-0.39, 0.29) is 16.6 Å². The van der Waals surface area contributed by atoms with Gasteiger partial charge in [0.25, 0.3) is 0 Å². The first kappa shape index (κ1) is 14.8. The summed E-state index contributed by atoms with van der Waals surface area (Å²) in [7, 11) is 0. The van der Waals surface area contributed by atoms with Gasteiger partial charge in [-0.2, -0.15) is 0 Å². The van der Waals surface area contributed by atoms with Crippen LogP contribution >= 0.6 is 11.6 Å². The van der Waals surface area contributed by atoms with Crippen molar-refractivity contribution in [2.45, 2.75) is 52.6 Å². The fourth-order valence-electron chi connectivity index (χ4n) is 4.11. The molecule has 0 unspecified atom stereocenters. The minimum atomic E-state index is -1.05. The van der Waals surface area contributed by atoms with Gasteiger partial charge in [-0.1, -0.05) is 39.3 Å². The summed E-state index contributed by atoms with van der Waals surface area (Å²) in [5.74, 6) is -0.353. The Bertz CT molecular complexity index is 478. The third-order valence-corrected chi connectivity index (χ3v) is 4.26. The third-order valence-electron chi connectivity index (χ3n) is 3.93. The molecule has 1 nitrogen and oxygen atoms in total. The zero-order valence-corrected chi connectivity index (χ0v) is 12.8. The molecule has 0 atom stereocenters. The number of rotatable bonds is 1. The minimum absolute atomic E-state index is 0.00610. The van der Waals surface area contributed by atoms with Crippen molar-refractivity contribution in [3.8, 4) is 0 Å². The van der Waals surface area contributed by atoms with Gasteiger partial charge in [0.1, 0.15) is 5.82 Å². The molecule has 0 aromatic heterocycles. The fraction of sp³-hybridized carbons (Fsp3) is 0.625. The Kier molecular flexibility index (Phi) is 3.47. The molecule has 1 aliphatic rings. The van der Waals surface area contributed by atoms with Crippen molar-refractivity contribution in [2.75, 3.05) is 0 Å². The SMILES string of the molecule is CC1(C)CC(C)(C)CC(O)(c2cc(F)ccc2Cl)C1.